The van der Waals surface area contributed by atoms with Crippen molar-refractivity contribution in [3.05, 3.63) is 71.5 Å². The molecule has 2 aliphatic rings. The molecule has 0 spiro atoms. The summed E-state index contributed by atoms with van der Waals surface area (Å²) in [5.41, 5.74) is 8.22. The molecule has 33 heavy (non-hydrogen) atoms. The summed E-state index contributed by atoms with van der Waals surface area (Å²) in [5, 5.41) is 0. The van der Waals surface area contributed by atoms with Crippen LogP contribution in [-0.4, -0.2) is 54.3 Å². The fraction of sp³-hybridized carbons (Fsp3) is 0.462. The minimum absolute atomic E-state index is 0.0615. The van der Waals surface area contributed by atoms with Crippen molar-refractivity contribution in [2.75, 3.05) is 26.7 Å². The lowest BCUT2D eigenvalue weighted by atomic mass is 9.82. The summed E-state index contributed by atoms with van der Waals surface area (Å²) in [7, 11) is 1.86. The number of hydrazine groups is 1. The Morgan fingerprint density at radius 3 is 2.48 bits per heavy atom. The molecule has 4 rings (SSSR count). The van der Waals surface area contributed by atoms with E-state index in [-0.39, 0.29) is 29.6 Å². The number of rotatable bonds is 7. The number of halogens is 1. The molecule has 2 aromatic carbocycles. The summed E-state index contributed by atoms with van der Waals surface area (Å²) in [5.74, 6) is 0.174. The Kier molecular flexibility index (Phi) is 7.73. The van der Waals surface area contributed by atoms with Crippen LogP contribution in [0.25, 0.3) is 0 Å². The van der Waals surface area contributed by atoms with Crippen LogP contribution < -0.4 is 10.9 Å². The third-order valence-corrected chi connectivity index (χ3v) is 6.95. The Bertz CT molecular complexity index is 946. The van der Waals surface area contributed by atoms with Gasteiger partial charge in [-0.2, -0.15) is 0 Å². The van der Waals surface area contributed by atoms with Gasteiger partial charge in [0.05, 0.1) is 5.92 Å². The van der Waals surface area contributed by atoms with Crippen molar-refractivity contribution in [1.29, 1.82) is 0 Å². The topological polar surface area (TPSA) is 64.7 Å². The van der Waals surface area contributed by atoms with Crippen LogP contribution in [0.3, 0.4) is 0 Å². The second-order valence-corrected chi connectivity index (χ2v) is 9.15. The van der Waals surface area contributed by atoms with Gasteiger partial charge < -0.3 is 9.80 Å². The molecular formula is C26H33FN4O2. The van der Waals surface area contributed by atoms with Gasteiger partial charge in [-0.05, 0) is 42.4 Å². The molecule has 2 fully saturated rings. The van der Waals surface area contributed by atoms with Gasteiger partial charge in [-0.1, -0.05) is 48.5 Å². The van der Waals surface area contributed by atoms with Gasteiger partial charge in [0.15, 0.2) is 0 Å². The van der Waals surface area contributed by atoms with Crippen LogP contribution in [0.4, 0.5) is 4.39 Å². The van der Waals surface area contributed by atoms with E-state index in [1.165, 1.54) is 6.07 Å². The Balaban J connectivity index is 1.27. The van der Waals surface area contributed by atoms with Gasteiger partial charge in [0, 0.05) is 45.7 Å². The first kappa shape index (κ1) is 23.4. The molecule has 2 saturated heterocycles. The summed E-state index contributed by atoms with van der Waals surface area (Å²) < 4.78 is 13.8. The average molecular weight is 453 g/mol. The van der Waals surface area contributed by atoms with Gasteiger partial charge in [-0.25, -0.2) is 4.39 Å². The SMILES string of the molecule is CN(Cc1ccccc1)C(=O)C1CNNC1C1CCN(C(=O)CCc2ccccc2F)CC1. The lowest BCUT2D eigenvalue weighted by Gasteiger charge is -2.37. The van der Waals surface area contributed by atoms with Crippen LogP contribution in [0, 0.1) is 17.7 Å². The van der Waals surface area contributed by atoms with Crippen molar-refractivity contribution in [1.82, 2.24) is 20.7 Å². The number of hydrogen-bond acceptors (Lipinski definition) is 4. The molecule has 0 aliphatic carbocycles. The van der Waals surface area contributed by atoms with Crippen molar-refractivity contribution in [3.8, 4) is 0 Å². The van der Waals surface area contributed by atoms with Crippen LogP contribution in [-0.2, 0) is 22.6 Å². The Morgan fingerprint density at radius 2 is 1.76 bits per heavy atom. The number of nitrogens with one attached hydrogen (secondary N) is 2. The van der Waals surface area contributed by atoms with E-state index in [0.717, 1.165) is 18.4 Å². The van der Waals surface area contributed by atoms with Gasteiger partial charge in [0.2, 0.25) is 11.8 Å². The summed E-state index contributed by atoms with van der Waals surface area (Å²) in [4.78, 5) is 29.5. The molecule has 2 heterocycles. The van der Waals surface area contributed by atoms with E-state index in [1.807, 2.05) is 47.2 Å². The van der Waals surface area contributed by atoms with E-state index in [2.05, 4.69) is 10.9 Å². The Labute approximate surface area is 195 Å². The molecule has 2 unspecified atom stereocenters. The Hall–Kier alpha value is -2.77. The number of likely N-dealkylation sites (tertiary alicyclic amines) is 1. The zero-order valence-corrected chi connectivity index (χ0v) is 19.2. The van der Waals surface area contributed by atoms with Gasteiger partial charge in [0.25, 0.3) is 0 Å². The van der Waals surface area contributed by atoms with Crippen LogP contribution in [0.1, 0.15) is 30.4 Å². The van der Waals surface area contributed by atoms with Crippen molar-refractivity contribution >= 4 is 11.8 Å². The van der Waals surface area contributed by atoms with Crippen LogP contribution in [0.5, 0.6) is 0 Å². The minimum Gasteiger partial charge on any atom is -0.343 e. The van der Waals surface area contributed by atoms with E-state index >= 15 is 0 Å². The van der Waals surface area contributed by atoms with Crippen LogP contribution in [0.15, 0.2) is 54.6 Å². The molecule has 0 radical (unpaired) electrons. The maximum Gasteiger partial charge on any atom is 0.228 e. The number of carbonyl (C=O) groups is 2. The first-order chi connectivity index (χ1) is 16.0. The largest absolute Gasteiger partial charge is 0.343 e. The quantitative estimate of drug-likeness (QED) is 0.678. The number of hydrogen-bond donors (Lipinski definition) is 2. The molecule has 0 bridgehead atoms. The molecule has 176 valence electrons. The standard InChI is InChI=1S/C26H33FN4O2/c1-30(18-19-7-3-2-4-8-19)26(33)22-17-28-29-25(22)21-13-15-31(16-14-21)24(32)12-11-20-9-5-6-10-23(20)27/h2-10,21-22,25,28-29H,11-18H2,1H3. The van der Waals surface area contributed by atoms with E-state index in [0.29, 0.717) is 50.5 Å². The predicted molar refractivity (Wildman–Crippen MR) is 125 cm³/mol. The number of piperidine rings is 1. The fourth-order valence-corrected chi connectivity index (χ4v) is 5.03. The zero-order valence-electron chi connectivity index (χ0n) is 19.2. The monoisotopic (exact) mass is 452 g/mol. The Morgan fingerprint density at radius 1 is 1.06 bits per heavy atom. The molecule has 2 aromatic rings. The number of benzene rings is 2. The molecule has 2 aliphatic heterocycles. The molecule has 2 N–H and O–H groups in total. The fourth-order valence-electron chi connectivity index (χ4n) is 5.03. The molecule has 6 nitrogen and oxygen atoms in total. The van der Waals surface area contributed by atoms with E-state index in [9.17, 15) is 14.0 Å². The smallest absolute Gasteiger partial charge is 0.228 e. The van der Waals surface area contributed by atoms with Gasteiger partial charge in [-0.3, -0.25) is 20.4 Å². The summed E-state index contributed by atoms with van der Waals surface area (Å²) in [6.45, 7) is 2.57. The van der Waals surface area contributed by atoms with Crippen molar-refractivity contribution in [2.45, 2.75) is 38.3 Å². The van der Waals surface area contributed by atoms with E-state index in [1.54, 1.807) is 18.2 Å². The highest BCUT2D eigenvalue weighted by atomic mass is 19.1. The second kappa shape index (κ2) is 10.9. The first-order valence-electron chi connectivity index (χ1n) is 11.8. The number of amides is 2. The molecule has 2 amide bonds. The molecule has 7 heteroatoms. The zero-order chi connectivity index (χ0) is 23.2. The van der Waals surface area contributed by atoms with Gasteiger partial charge in [-0.15, -0.1) is 0 Å². The number of aryl methyl sites for hydroxylation is 1. The maximum atomic E-state index is 13.8. The third kappa shape index (κ3) is 5.78. The second-order valence-electron chi connectivity index (χ2n) is 9.15. The minimum atomic E-state index is -0.253. The van der Waals surface area contributed by atoms with Crippen LogP contribution in [0.2, 0.25) is 0 Å². The van der Waals surface area contributed by atoms with Crippen LogP contribution >= 0.6 is 0 Å². The first-order valence-corrected chi connectivity index (χ1v) is 11.8. The lowest BCUT2D eigenvalue weighted by molar-refractivity contribution is -0.136. The average Bonchev–Trinajstić information content (AvgIpc) is 3.33. The number of nitrogens with zero attached hydrogens (tertiary/aromatic N) is 2. The molecular weight excluding hydrogens is 419 g/mol. The normalized spacial score (nSPS) is 21.2. The summed E-state index contributed by atoms with van der Waals surface area (Å²) in [6.07, 6.45) is 2.46. The third-order valence-electron chi connectivity index (χ3n) is 6.95. The van der Waals surface area contributed by atoms with Gasteiger partial charge in [0.1, 0.15) is 5.82 Å². The summed E-state index contributed by atoms with van der Waals surface area (Å²) >= 11 is 0. The molecule has 0 aromatic heterocycles. The maximum absolute atomic E-state index is 13.8. The summed E-state index contributed by atoms with van der Waals surface area (Å²) in [6, 6.07) is 16.7. The molecule has 2 atom stereocenters. The van der Waals surface area contributed by atoms with E-state index < -0.39 is 0 Å². The van der Waals surface area contributed by atoms with E-state index in [4.69, 9.17) is 0 Å². The molecule has 0 saturated carbocycles. The van der Waals surface area contributed by atoms with Crippen molar-refractivity contribution in [3.63, 3.8) is 0 Å². The highest BCUT2D eigenvalue weighted by molar-refractivity contribution is 5.80. The van der Waals surface area contributed by atoms with Crippen molar-refractivity contribution in [2.24, 2.45) is 11.8 Å². The lowest BCUT2D eigenvalue weighted by Crippen LogP contribution is -2.48. The van der Waals surface area contributed by atoms with Gasteiger partial charge >= 0.3 is 0 Å². The highest BCUT2D eigenvalue weighted by Crippen LogP contribution is 2.28. The van der Waals surface area contributed by atoms with Crippen molar-refractivity contribution < 1.29 is 14.0 Å². The number of carbonyl (C=O) groups excluding carboxylic acids is 2. The highest BCUT2D eigenvalue weighted by Gasteiger charge is 2.40. The predicted octanol–water partition coefficient (Wildman–Crippen LogP) is 2.75.